The van der Waals surface area contributed by atoms with Crippen LogP contribution in [0.4, 0.5) is 18.0 Å². The number of hydrogen-bond acceptors (Lipinski definition) is 5. The number of alkyl halides is 3. The Hall–Kier alpha value is -2.66. The van der Waals surface area contributed by atoms with Gasteiger partial charge in [-0.2, -0.15) is 13.2 Å². The Morgan fingerprint density at radius 2 is 1.95 bits per heavy atom. The van der Waals surface area contributed by atoms with Crippen LogP contribution in [0, 0.1) is 0 Å². The third-order valence-electron chi connectivity index (χ3n) is 2.09. The van der Waals surface area contributed by atoms with Crippen molar-refractivity contribution in [3.8, 4) is 0 Å². The SMILES string of the molecule is CCNC(=O)NC(=O)Cn1nnc(C(=O)O)c1C(F)(F)F. The van der Waals surface area contributed by atoms with E-state index in [9.17, 15) is 27.6 Å². The molecule has 1 aromatic heterocycles. The van der Waals surface area contributed by atoms with Crippen molar-refractivity contribution in [2.45, 2.75) is 19.6 Å². The van der Waals surface area contributed by atoms with Crippen LogP contribution < -0.4 is 10.6 Å². The molecule has 1 aromatic rings. The first-order valence-corrected chi connectivity index (χ1v) is 5.48. The van der Waals surface area contributed by atoms with Crippen molar-refractivity contribution >= 4 is 17.9 Å². The summed E-state index contributed by atoms with van der Waals surface area (Å²) < 4.78 is 38.4. The Kier molecular flexibility index (Phi) is 4.84. The van der Waals surface area contributed by atoms with E-state index in [4.69, 9.17) is 5.11 Å². The predicted molar refractivity (Wildman–Crippen MR) is 59.2 cm³/mol. The highest BCUT2D eigenvalue weighted by Crippen LogP contribution is 2.30. The summed E-state index contributed by atoms with van der Waals surface area (Å²) in [6.45, 7) is 0.772. The summed E-state index contributed by atoms with van der Waals surface area (Å²) in [4.78, 5) is 33.1. The molecule has 0 aromatic carbocycles. The molecule has 3 amide bonds. The third kappa shape index (κ3) is 4.15. The van der Waals surface area contributed by atoms with Crippen molar-refractivity contribution in [1.82, 2.24) is 25.6 Å². The van der Waals surface area contributed by atoms with E-state index in [0.717, 1.165) is 0 Å². The van der Waals surface area contributed by atoms with Gasteiger partial charge in [0.15, 0.2) is 5.69 Å². The monoisotopic (exact) mass is 309 g/mol. The maximum absolute atomic E-state index is 12.8. The second kappa shape index (κ2) is 6.19. The molecule has 0 unspecified atom stereocenters. The molecule has 1 heterocycles. The second-order valence-electron chi connectivity index (χ2n) is 3.65. The first-order chi connectivity index (χ1) is 9.66. The van der Waals surface area contributed by atoms with Crippen molar-refractivity contribution in [3.63, 3.8) is 0 Å². The van der Waals surface area contributed by atoms with E-state index in [1.54, 1.807) is 12.2 Å². The van der Waals surface area contributed by atoms with Crippen LogP contribution in [0.15, 0.2) is 0 Å². The zero-order chi connectivity index (χ0) is 16.2. The number of hydrogen-bond donors (Lipinski definition) is 3. The summed E-state index contributed by atoms with van der Waals surface area (Å²) in [6.07, 6.45) is -5.07. The van der Waals surface area contributed by atoms with E-state index in [0.29, 0.717) is 0 Å². The Morgan fingerprint density at radius 3 is 2.43 bits per heavy atom. The summed E-state index contributed by atoms with van der Waals surface area (Å²) in [7, 11) is 0. The van der Waals surface area contributed by atoms with Crippen LogP contribution in [-0.4, -0.2) is 44.6 Å². The smallest absolute Gasteiger partial charge is 0.435 e. The van der Waals surface area contributed by atoms with Crippen LogP contribution in [0.5, 0.6) is 0 Å². The van der Waals surface area contributed by atoms with Gasteiger partial charge in [-0.05, 0) is 6.92 Å². The molecule has 21 heavy (non-hydrogen) atoms. The summed E-state index contributed by atoms with van der Waals surface area (Å²) >= 11 is 0. The molecular formula is C9H10F3N5O4. The molecule has 0 radical (unpaired) electrons. The molecule has 3 N–H and O–H groups in total. The van der Waals surface area contributed by atoms with Crippen molar-refractivity contribution in [1.29, 1.82) is 0 Å². The highest BCUT2D eigenvalue weighted by Gasteiger charge is 2.41. The van der Waals surface area contributed by atoms with Crippen LogP contribution in [0.3, 0.4) is 0 Å². The molecule has 0 fully saturated rings. The van der Waals surface area contributed by atoms with Crippen LogP contribution in [0.25, 0.3) is 0 Å². The number of amides is 3. The van der Waals surface area contributed by atoms with Crippen LogP contribution in [-0.2, 0) is 17.5 Å². The average molecular weight is 309 g/mol. The van der Waals surface area contributed by atoms with E-state index in [-0.39, 0.29) is 11.2 Å². The predicted octanol–water partition coefficient (Wildman–Crippen LogP) is -0.159. The third-order valence-corrected chi connectivity index (χ3v) is 2.09. The van der Waals surface area contributed by atoms with Gasteiger partial charge in [-0.3, -0.25) is 10.1 Å². The maximum atomic E-state index is 12.8. The molecule has 0 spiro atoms. The van der Waals surface area contributed by atoms with Gasteiger partial charge in [-0.15, -0.1) is 5.10 Å². The summed E-state index contributed by atoms with van der Waals surface area (Å²) in [5, 5.41) is 18.4. The number of nitrogens with zero attached hydrogens (tertiary/aromatic N) is 3. The number of aromatic nitrogens is 3. The van der Waals surface area contributed by atoms with E-state index in [2.05, 4.69) is 15.6 Å². The number of halogens is 3. The number of carboxylic acid groups (broad SMARTS) is 1. The van der Waals surface area contributed by atoms with Crippen molar-refractivity contribution < 1.29 is 32.7 Å². The van der Waals surface area contributed by atoms with Gasteiger partial charge in [0.1, 0.15) is 6.54 Å². The number of imide groups is 1. The van der Waals surface area contributed by atoms with Crippen LogP contribution >= 0.6 is 0 Å². The van der Waals surface area contributed by atoms with Gasteiger partial charge in [0.2, 0.25) is 11.6 Å². The Labute approximate surface area is 115 Å². The summed E-state index contributed by atoms with van der Waals surface area (Å²) in [5.41, 5.74) is -3.01. The minimum atomic E-state index is -5.07. The first kappa shape index (κ1) is 16.4. The van der Waals surface area contributed by atoms with E-state index < -0.39 is 42.0 Å². The highest BCUT2D eigenvalue weighted by atomic mass is 19.4. The zero-order valence-corrected chi connectivity index (χ0v) is 10.6. The summed E-state index contributed by atoms with van der Waals surface area (Å²) in [6, 6.07) is -0.894. The Morgan fingerprint density at radius 1 is 1.33 bits per heavy atom. The Balaban J connectivity index is 2.97. The molecule has 0 saturated carbocycles. The quantitative estimate of drug-likeness (QED) is 0.709. The van der Waals surface area contributed by atoms with Gasteiger partial charge >= 0.3 is 18.2 Å². The standard InChI is InChI=1S/C9H10F3N5O4/c1-2-13-8(21)14-4(18)3-17-6(9(10,11)12)5(7(19)20)15-16-17/h2-3H2,1H3,(H,19,20)(H2,13,14,18,21). The number of carbonyl (C=O) groups is 3. The largest absolute Gasteiger partial charge is 0.476 e. The highest BCUT2D eigenvalue weighted by molar-refractivity contribution is 5.94. The molecule has 0 atom stereocenters. The lowest BCUT2D eigenvalue weighted by atomic mass is 10.3. The average Bonchev–Trinajstić information content (AvgIpc) is 2.72. The molecule has 0 aliphatic rings. The maximum Gasteiger partial charge on any atom is 0.435 e. The van der Waals surface area contributed by atoms with Crippen molar-refractivity contribution in [2.75, 3.05) is 6.54 Å². The topological polar surface area (TPSA) is 126 Å². The minimum Gasteiger partial charge on any atom is -0.476 e. The molecule has 0 aliphatic heterocycles. The van der Waals surface area contributed by atoms with Gasteiger partial charge in [-0.25, -0.2) is 14.3 Å². The lowest BCUT2D eigenvalue weighted by Gasteiger charge is -2.10. The second-order valence-corrected chi connectivity index (χ2v) is 3.65. The van der Waals surface area contributed by atoms with Crippen molar-refractivity contribution in [3.05, 3.63) is 11.4 Å². The number of urea groups is 1. The zero-order valence-electron chi connectivity index (χ0n) is 10.6. The van der Waals surface area contributed by atoms with Gasteiger partial charge in [-0.1, -0.05) is 5.21 Å². The minimum absolute atomic E-state index is 0.0675. The fraction of sp³-hybridized carbons (Fsp3) is 0.444. The van der Waals surface area contributed by atoms with E-state index in [1.807, 2.05) is 0 Å². The molecular weight excluding hydrogens is 299 g/mol. The van der Waals surface area contributed by atoms with Gasteiger partial charge in [0.05, 0.1) is 0 Å². The number of carboxylic acids is 1. The summed E-state index contributed by atoms with van der Waals surface area (Å²) in [5.74, 6) is -3.04. The molecule has 0 bridgehead atoms. The number of nitrogens with one attached hydrogen (secondary N) is 2. The molecule has 12 heteroatoms. The fourth-order valence-corrected chi connectivity index (χ4v) is 1.36. The molecule has 9 nitrogen and oxygen atoms in total. The van der Waals surface area contributed by atoms with E-state index >= 15 is 0 Å². The molecule has 0 saturated heterocycles. The molecule has 116 valence electrons. The molecule has 0 aliphatic carbocycles. The number of aromatic carboxylic acids is 1. The van der Waals surface area contributed by atoms with Gasteiger partial charge in [0, 0.05) is 6.54 Å². The lowest BCUT2D eigenvalue weighted by molar-refractivity contribution is -0.145. The number of rotatable bonds is 4. The number of carbonyl (C=O) groups excluding carboxylic acids is 2. The Bertz CT molecular complexity index is 568. The molecule has 1 rings (SSSR count). The fourth-order valence-electron chi connectivity index (χ4n) is 1.36. The van der Waals surface area contributed by atoms with Gasteiger partial charge < -0.3 is 10.4 Å². The lowest BCUT2D eigenvalue weighted by Crippen LogP contribution is -2.41. The van der Waals surface area contributed by atoms with E-state index in [1.165, 1.54) is 0 Å². The van der Waals surface area contributed by atoms with Crippen molar-refractivity contribution in [2.24, 2.45) is 0 Å². The van der Waals surface area contributed by atoms with Crippen LogP contribution in [0.2, 0.25) is 0 Å². The first-order valence-electron chi connectivity index (χ1n) is 5.48. The van der Waals surface area contributed by atoms with Crippen LogP contribution in [0.1, 0.15) is 23.1 Å². The van der Waals surface area contributed by atoms with Gasteiger partial charge in [0.25, 0.3) is 0 Å². The normalized spacial score (nSPS) is 11.0.